The summed E-state index contributed by atoms with van der Waals surface area (Å²) in [7, 11) is 1.80. The minimum atomic E-state index is -0.127. The van der Waals surface area contributed by atoms with Gasteiger partial charge in [0.15, 0.2) is 0 Å². The molecule has 212 valence electrons. The summed E-state index contributed by atoms with van der Waals surface area (Å²) < 4.78 is 5.59. The van der Waals surface area contributed by atoms with Crippen LogP contribution in [0.25, 0.3) is 11.3 Å². The molecule has 4 rings (SSSR count). The van der Waals surface area contributed by atoms with Gasteiger partial charge in [-0.3, -0.25) is 14.6 Å². The molecule has 0 saturated carbocycles. The van der Waals surface area contributed by atoms with Crippen molar-refractivity contribution >= 4 is 42.3 Å². The van der Waals surface area contributed by atoms with E-state index in [4.69, 9.17) is 4.42 Å². The summed E-state index contributed by atoms with van der Waals surface area (Å²) in [6.07, 6.45) is 1.64. The zero-order valence-corrected chi connectivity index (χ0v) is 24.6. The van der Waals surface area contributed by atoms with Crippen LogP contribution in [0.4, 0.5) is 5.69 Å². The Balaban J connectivity index is 0.00000267. The van der Waals surface area contributed by atoms with Gasteiger partial charge in [0.05, 0.1) is 19.4 Å². The standard InChI is InChI=1S/C29H37N5O3.2ClH/c1-21(2)30-13-14-31-28(35)19-33(26-16-23(12-11-22(26)3)27-10-7-15-37-27)20-29(36)32(4)34-17-24-8-5-6-9-25(24)18-34;;/h5-12,15-16,21,30H,13-14,17-20H2,1-4H3,(H,31,35);2*1H. The fourth-order valence-electron chi connectivity index (χ4n) is 4.52. The summed E-state index contributed by atoms with van der Waals surface area (Å²) in [4.78, 5) is 28.3. The Labute approximate surface area is 243 Å². The van der Waals surface area contributed by atoms with E-state index in [1.165, 1.54) is 11.1 Å². The Kier molecular flexibility index (Phi) is 12.3. The lowest BCUT2D eigenvalue weighted by Crippen LogP contribution is -2.48. The lowest BCUT2D eigenvalue weighted by atomic mass is 10.1. The van der Waals surface area contributed by atoms with Gasteiger partial charge >= 0.3 is 0 Å². The molecule has 1 aliphatic heterocycles. The molecule has 0 atom stereocenters. The molecular formula is C29H39Cl2N5O3. The smallest absolute Gasteiger partial charge is 0.256 e. The number of anilines is 1. The van der Waals surface area contributed by atoms with Crippen LogP contribution in [0.5, 0.6) is 0 Å². The highest BCUT2D eigenvalue weighted by Gasteiger charge is 2.27. The number of benzene rings is 2. The third-order valence-corrected chi connectivity index (χ3v) is 6.63. The minimum Gasteiger partial charge on any atom is -0.464 e. The van der Waals surface area contributed by atoms with Crippen molar-refractivity contribution in [2.45, 2.75) is 39.9 Å². The number of halogens is 2. The number of furan rings is 1. The lowest BCUT2D eigenvalue weighted by Gasteiger charge is -2.32. The quantitative estimate of drug-likeness (QED) is 0.330. The largest absolute Gasteiger partial charge is 0.464 e. The summed E-state index contributed by atoms with van der Waals surface area (Å²) in [6, 6.07) is 18.3. The molecule has 2 N–H and O–H groups in total. The molecule has 0 fully saturated rings. The number of fused-ring (bicyclic) bond motifs is 1. The average molecular weight is 577 g/mol. The zero-order valence-electron chi connectivity index (χ0n) is 23.0. The average Bonchev–Trinajstić information content (AvgIpc) is 3.56. The number of carbonyl (C=O) groups is 2. The van der Waals surface area contributed by atoms with Gasteiger partial charge in [0.1, 0.15) is 5.76 Å². The molecule has 0 spiro atoms. The highest BCUT2D eigenvalue weighted by atomic mass is 35.5. The summed E-state index contributed by atoms with van der Waals surface area (Å²) >= 11 is 0. The first-order valence-electron chi connectivity index (χ1n) is 12.8. The second-order valence-corrected chi connectivity index (χ2v) is 9.80. The predicted molar refractivity (Wildman–Crippen MR) is 160 cm³/mol. The van der Waals surface area contributed by atoms with E-state index in [-0.39, 0.29) is 49.7 Å². The van der Waals surface area contributed by atoms with Crippen LogP contribution in [-0.2, 0) is 22.7 Å². The summed E-state index contributed by atoms with van der Waals surface area (Å²) in [5.74, 6) is 0.533. The van der Waals surface area contributed by atoms with Crippen molar-refractivity contribution < 1.29 is 14.0 Å². The normalized spacial score (nSPS) is 12.3. The van der Waals surface area contributed by atoms with Gasteiger partial charge in [0.2, 0.25) is 5.91 Å². The third-order valence-electron chi connectivity index (χ3n) is 6.63. The van der Waals surface area contributed by atoms with Crippen LogP contribution in [0.3, 0.4) is 0 Å². The van der Waals surface area contributed by atoms with Crippen LogP contribution in [0.15, 0.2) is 65.3 Å². The van der Waals surface area contributed by atoms with Crippen LogP contribution >= 0.6 is 24.8 Å². The van der Waals surface area contributed by atoms with Crippen molar-refractivity contribution in [2.75, 3.05) is 38.1 Å². The fourth-order valence-corrected chi connectivity index (χ4v) is 4.52. The van der Waals surface area contributed by atoms with Gasteiger partial charge in [0.25, 0.3) is 5.91 Å². The maximum absolute atomic E-state index is 13.5. The summed E-state index contributed by atoms with van der Waals surface area (Å²) in [5.41, 5.74) is 5.17. The number of hydrazine groups is 1. The molecule has 8 nitrogen and oxygen atoms in total. The lowest BCUT2D eigenvalue weighted by molar-refractivity contribution is -0.145. The number of hydrogen-bond donors (Lipinski definition) is 2. The van der Waals surface area contributed by atoms with E-state index in [9.17, 15) is 9.59 Å². The predicted octanol–water partition coefficient (Wildman–Crippen LogP) is 4.41. The second kappa shape index (κ2) is 14.9. The van der Waals surface area contributed by atoms with Gasteiger partial charge in [-0.2, -0.15) is 0 Å². The molecule has 0 unspecified atom stereocenters. The topological polar surface area (TPSA) is 81.1 Å². The van der Waals surface area contributed by atoms with Crippen LogP contribution in [0.1, 0.15) is 30.5 Å². The number of carbonyl (C=O) groups excluding carboxylic acids is 2. The van der Waals surface area contributed by atoms with Crippen molar-refractivity contribution in [1.29, 1.82) is 0 Å². The summed E-state index contributed by atoms with van der Waals surface area (Å²) in [6.45, 7) is 8.86. The van der Waals surface area contributed by atoms with Crippen LogP contribution in [0, 0.1) is 6.92 Å². The molecule has 2 amide bonds. The maximum atomic E-state index is 13.5. The van der Waals surface area contributed by atoms with Crippen molar-refractivity contribution in [3.05, 3.63) is 77.6 Å². The van der Waals surface area contributed by atoms with E-state index in [2.05, 4.69) is 36.6 Å². The van der Waals surface area contributed by atoms with E-state index < -0.39 is 0 Å². The molecule has 2 heterocycles. The van der Waals surface area contributed by atoms with Gasteiger partial charge < -0.3 is 20.0 Å². The molecule has 3 aromatic rings. The Bertz CT molecular complexity index is 1190. The highest BCUT2D eigenvalue weighted by Crippen LogP contribution is 2.29. The number of nitrogens with one attached hydrogen (secondary N) is 2. The minimum absolute atomic E-state index is 0. The highest BCUT2D eigenvalue weighted by molar-refractivity contribution is 5.87. The van der Waals surface area contributed by atoms with Crippen LogP contribution in [0.2, 0.25) is 0 Å². The first-order chi connectivity index (χ1) is 17.8. The molecule has 2 aromatic carbocycles. The van der Waals surface area contributed by atoms with Gasteiger partial charge in [0, 0.05) is 50.5 Å². The van der Waals surface area contributed by atoms with Crippen molar-refractivity contribution in [1.82, 2.24) is 20.7 Å². The molecule has 0 aliphatic carbocycles. The molecule has 1 aromatic heterocycles. The summed E-state index contributed by atoms with van der Waals surface area (Å²) in [5, 5.41) is 9.99. The number of nitrogens with zero attached hydrogens (tertiary/aromatic N) is 3. The van der Waals surface area contributed by atoms with Gasteiger partial charge in [-0.15, -0.1) is 24.8 Å². The van der Waals surface area contributed by atoms with Crippen molar-refractivity contribution in [3.8, 4) is 11.3 Å². The van der Waals surface area contributed by atoms with E-state index in [1.807, 2.05) is 59.3 Å². The van der Waals surface area contributed by atoms with E-state index in [0.717, 1.165) is 22.6 Å². The SMILES string of the molecule is Cc1ccc(-c2ccco2)cc1N(CC(=O)NCCNC(C)C)CC(=O)N(C)N1Cc2ccccc2C1.Cl.Cl. The Morgan fingerprint density at radius 3 is 2.28 bits per heavy atom. The molecule has 39 heavy (non-hydrogen) atoms. The second-order valence-electron chi connectivity index (χ2n) is 9.80. The molecular weight excluding hydrogens is 537 g/mol. The van der Waals surface area contributed by atoms with Gasteiger partial charge in [-0.05, 0) is 41.8 Å². The first kappa shape index (κ1) is 32.2. The molecule has 10 heteroatoms. The number of amides is 2. The zero-order chi connectivity index (χ0) is 26.4. The van der Waals surface area contributed by atoms with Crippen LogP contribution in [-0.4, -0.2) is 61.1 Å². The molecule has 0 saturated heterocycles. The third kappa shape index (κ3) is 8.47. The number of likely N-dealkylation sites (N-methyl/N-ethyl adjacent to an activating group) is 1. The number of rotatable bonds is 11. The van der Waals surface area contributed by atoms with Gasteiger partial charge in [-0.25, -0.2) is 5.01 Å². The number of aryl methyl sites for hydroxylation is 1. The monoisotopic (exact) mass is 575 g/mol. The van der Waals surface area contributed by atoms with Gasteiger partial charge in [-0.1, -0.05) is 50.2 Å². The first-order valence-corrected chi connectivity index (χ1v) is 12.8. The van der Waals surface area contributed by atoms with E-state index in [0.29, 0.717) is 32.2 Å². The Morgan fingerprint density at radius 2 is 1.67 bits per heavy atom. The molecule has 0 bridgehead atoms. The maximum Gasteiger partial charge on any atom is 0.256 e. The molecule has 0 radical (unpaired) electrons. The van der Waals surface area contributed by atoms with Crippen molar-refractivity contribution in [2.24, 2.45) is 0 Å². The van der Waals surface area contributed by atoms with Crippen molar-refractivity contribution in [3.63, 3.8) is 0 Å². The van der Waals surface area contributed by atoms with E-state index in [1.54, 1.807) is 18.3 Å². The Morgan fingerprint density at radius 1 is 0.974 bits per heavy atom. The molecule has 1 aliphatic rings. The Hall–Kier alpha value is -3.04. The van der Waals surface area contributed by atoms with E-state index >= 15 is 0 Å². The number of hydrogen-bond acceptors (Lipinski definition) is 6. The fraction of sp³-hybridized carbons (Fsp3) is 0.379. The van der Waals surface area contributed by atoms with Crippen LogP contribution < -0.4 is 15.5 Å².